The summed E-state index contributed by atoms with van der Waals surface area (Å²) in [6.45, 7) is 3.42. The number of fused-ring (bicyclic) bond motifs is 1. The smallest absolute Gasteiger partial charge is 0.270 e. The van der Waals surface area contributed by atoms with Crippen LogP contribution in [0.15, 0.2) is 30.3 Å². The molecule has 0 saturated carbocycles. The second-order valence-corrected chi connectivity index (χ2v) is 10.2. The molecule has 4 amide bonds. The van der Waals surface area contributed by atoms with Crippen LogP contribution in [0, 0.1) is 16.7 Å². The molecule has 1 atom stereocenters. The number of hydrogen-bond donors (Lipinski definition) is 2. The number of nitrogens with one attached hydrogen (secondary N) is 2. The van der Waals surface area contributed by atoms with Crippen LogP contribution in [0.3, 0.4) is 0 Å². The van der Waals surface area contributed by atoms with Crippen molar-refractivity contribution in [1.82, 2.24) is 20.1 Å². The van der Waals surface area contributed by atoms with E-state index in [1.165, 1.54) is 0 Å². The molecule has 1 aromatic heterocycles. The normalized spacial score (nSPS) is 22.8. The summed E-state index contributed by atoms with van der Waals surface area (Å²) in [5, 5.41) is 11.3. The fraction of sp³-hybridized carbons (Fsp3) is 0.423. The SMILES string of the molecule is N#Cc1ccc(C(=O)N2CCC3(CC2)CN(c2cccc4c2CN(C2CCC(=O)NC2=O)C4=O)C3)[nH]1. The van der Waals surface area contributed by atoms with Crippen molar-refractivity contribution in [3.8, 4) is 6.07 Å². The largest absolute Gasteiger partial charge is 0.370 e. The van der Waals surface area contributed by atoms with E-state index in [1.807, 2.05) is 29.2 Å². The van der Waals surface area contributed by atoms with Crippen molar-refractivity contribution in [1.29, 1.82) is 5.26 Å². The second kappa shape index (κ2) is 8.22. The topological polar surface area (TPSA) is 130 Å². The van der Waals surface area contributed by atoms with Crippen LogP contribution in [0.5, 0.6) is 0 Å². The highest BCUT2D eigenvalue weighted by atomic mass is 16.2. The zero-order valence-corrected chi connectivity index (χ0v) is 19.7. The Morgan fingerprint density at radius 2 is 1.86 bits per heavy atom. The maximum atomic E-state index is 13.1. The second-order valence-electron chi connectivity index (χ2n) is 10.2. The third kappa shape index (κ3) is 3.54. The van der Waals surface area contributed by atoms with E-state index in [4.69, 9.17) is 5.26 Å². The number of anilines is 1. The first-order valence-corrected chi connectivity index (χ1v) is 12.3. The van der Waals surface area contributed by atoms with Crippen LogP contribution in [0.1, 0.15) is 57.8 Å². The maximum Gasteiger partial charge on any atom is 0.270 e. The Labute approximate surface area is 207 Å². The van der Waals surface area contributed by atoms with Gasteiger partial charge in [0.15, 0.2) is 0 Å². The zero-order chi connectivity index (χ0) is 25.0. The van der Waals surface area contributed by atoms with Gasteiger partial charge in [-0.15, -0.1) is 0 Å². The molecule has 5 heterocycles. The van der Waals surface area contributed by atoms with Gasteiger partial charge in [0, 0.05) is 61.4 Å². The van der Waals surface area contributed by atoms with Gasteiger partial charge in [0.1, 0.15) is 23.5 Å². The van der Waals surface area contributed by atoms with Gasteiger partial charge in [-0.25, -0.2) is 0 Å². The molecule has 2 aromatic rings. The Bertz CT molecular complexity index is 1320. The summed E-state index contributed by atoms with van der Waals surface area (Å²) in [6.07, 6.45) is 2.39. The van der Waals surface area contributed by atoms with Crippen LogP contribution >= 0.6 is 0 Å². The fourth-order valence-corrected chi connectivity index (χ4v) is 6.06. The lowest BCUT2D eigenvalue weighted by Gasteiger charge is -2.55. The van der Waals surface area contributed by atoms with Crippen molar-refractivity contribution in [2.45, 2.75) is 38.3 Å². The molecule has 3 saturated heterocycles. The summed E-state index contributed by atoms with van der Waals surface area (Å²) in [6, 6.07) is 10.4. The summed E-state index contributed by atoms with van der Waals surface area (Å²) in [5.74, 6) is -0.927. The molecular formula is C26H26N6O4. The number of amides is 4. The molecule has 36 heavy (non-hydrogen) atoms. The number of likely N-dealkylation sites (tertiary alicyclic amines) is 1. The van der Waals surface area contributed by atoms with Gasteiger partial charge in [0.25, 0.3) is 11.8 Å². The van der Waals surface area contributed by atoms with Gasteiger partial charge in [0.05, 0.1) is 0 Å². The first-order chi connectivity index (χ1) is 17.4. The number of aromatic amines is 1. The van der Waals surface area contributed by atoms with Gasteiger partial charge in [-0.05, 0) is 43.5 Å². The molecule has 4 aliphatic rings. The molecule has 0 aliphatic carbocycles. The lowest BCUT2D eigenvalue weighted by molar-refractivity contribution is -0.136. The number of H-pyrrole nitrogens is 1. The molecule has 10 heteroatoms. The molecule has 184 valence electrons. The van der Waals surface area contributed by atoms with Gasteiger partial charge in [-0.1, -0.05) is 6.07 Å². The molecule has 4 aliphatic heterocycles. The van der Waals surface area contributed by atoms with E-state index < -0.39 is 11.9 Å². The lowest BCUT2D eigenvalue weighted by atomic mass is 9.71. The van der Waals surface area contributed by atoms with E-state index in [0.29, 0.717) is 43.0 Å². The summed E-state index contributed by atoms with van der Waals surface area (Å²) < 4.78 is 0. The first-order valence-electron chi connectivity index (χ1n) is 12.3. The zero-order valence-electron chi connectivity index (χ0n) is 19.7. The number of carbonyl (C=O) groups is 4. The standard InChI is InChI=1S/C26H26N6O4/c27-12-16-4-5-19(28-16)25(36)30-10-8-26(9-11-30)14-31(15-26)20-3-1-2-17-18(20)13-32(24(17)35)21-6-7-22(33)29-23(21)34/h1-5,21,28H,6-11,13-15H2,(H,29,33,34). The van der Waals surface area contributed by atoms with E-state index in [1.54, 1.807) is 17.0 Å². The molecule has 1 aromatic carbocycles. The third-order valence-corrected chi connectivity index (χ3v) is 8.10. The van der Waals surface area contributed by atoms with E-state index in [0.717, 1.165) is 37.2 Å². The minimum atomic E-state index is -0.621. The predicted molar refractivity (Wildman–Crippen MR) is 128 cm³/mol. The van der Waals surface area contributed by atoms with Crippen LogP contribution in [0.25, 0.3) is 0 Å². The van der Waals surface area contributed by atoms with Crippen molar-refractivity contribution in [2.24, 2.45) is 5.41 Å². The van der Waals surface area contributed by atoms with E-state index in [9.17, 15) is 19.2 Å². The van der Waals surface area contributed by atoms with Gasteiger partial charge in [0.2, 0.25) is 11.8 Å². The maximum absolute atomic E-state index is 13.1. The Balaban J connectivity index is 1.11. The Morgan fingerprint density at radius 1 is 1.08 bits per heavy atom. The monoisotopic (exact) mass is 486 g/mol. The van der Waals surface area contributed by atoms with Crippen molar-refractivity contribution < 1.29 is 19.2 Å². The molecule has 6 rings (SSSR count). The Hall–Kier alpha value is -4.13. The number of benzene rings is 1. The third-order valence-electron chi connectivity index (χ3n) is 8.10. The van der Waals surface area contributed by atoms with Gasteiger partial charge in [-0.2, -0.15) is 5.26 Å². The van der Waals surface area contributed by atoms with Crippen molar-refractivity contribution in [2.75, 3.05) is 31.1 Å². The van der Waals surface area contributed by atoms with Crippen molar-refractivity contribution in [3.05, 3.63) is 52.8 Å². The summed E-state index contributed by atoms with van der Waals surface area (Å²) >= 11 is 0. The Kier molecular flexibility index (Phi) is 5.10. The van der Waals surface area contributed by atoms with Gasteiger partial charge >= 0.3 is 0 Å². The minimum Gasteiger partial charge on any atom is -0.370 e. The van der Waals surface area contributed by atoms with Crippen LogP contribution in [0.4, 0.5) is 5.69 Å². The minimum absolute atomic E-state index is 0.0736. The molecular weight excluding hydrogens is 460 g/mol. The van der Waals surface area contributed by atoms with Gasteiger partial charge < -0.3 is 19.7 Å². The molecule has 2 N–H and O–H groups in total. The molecule has 1 unspecified atom stereocenters. The number of rotatable bonds is 3. The quantitative estimate of drug-likeness (QED) is 0.631. The predicted octanol–water partition coefficient (Wildman–Crippen LogP) is 1.39. The summed E-state index contributed by atoms with van der Waals surface area (Å²) in [7, 11) is 0. The van der Waals surface area contributed by atoms with E-state index >= 15 is 0 Å². The molecule has 0 bridgehead atoms. The number of nitrogens with zero attached hydrogens (tertiary/aromatic N) is 4. The molecule has 0 radical (unpaired) electrons. The summed E-state index contributed by atoms with van der Waals surface area (Å²) in [5.41, 5.74) is 3.55. The number of nitriles is 1. The first kappa shape index (κ1) is 22.3. The van der Waals surface area contributed by atoms with Crippen LogP contribution in [-0.4, -0.2) is 70.6 Å². The van der Waals surface area contributed by atoms with Crippen LogP contribution in [0.2, 0.25) is 0 Å². The number of carbonyl (C=O) groups excluding carboxylic acids is 4. The average Bonchev–Trinajstić information content (AvgIpc) is 3.47. The number of hydrogen-bond acceptors (Lipinski definition) is 6. The highest BCUT2D eigenvalue weighted by Crippen LogP contribution is 2.45. The van der Waals surface area contributed by atoms with Crippen LogP contribution < -0.4 is 10.2 Å². The molecule has 10 nitrogen and oxygen atoms in total. The molecule has 3 fully saturated rings. The van der Waals surface area contributed by atoms with Crippen molar-refractivity contribution >= 4 is 29.3 Å². The number of imide groups is 1. The average molecular weight is 487 g/mol. The fourth-order valence-electron chi connectivity index (χ4n) is 6.06. The lowest BCUT2D eigenvalue weighted by Crippen LogP contribution is -2.61. The van der Waals surface area contributed by atoms with E-state index in [-0.39, 0.29) is 29.6 Å². The number of piperidine rings is 2. The highest BCUT2D eigenvalue weighted by molar-refractivity contribution is 6.06. The summed E-state index contributed by atoms with van der Waals surface area (Å²) in [4.78, 5) is 58.4. The van der Waals surface area contributed by atoms with Crippen molar-refractivity contribution in [3.63, 3.8) is 0 Å². The Morgan fingerprint density at radius 3 is 2.56 bits per heavy atom. The van der Waals surface area contributed by atoms with Crippen LogP contribution in [-0.2, 0) is 16.1 Å². The van der Waals surface area contributed by atoms with E-state index in [2.05, 4.69) is 15.2 Å². The van der Waals surface area contributed by atoms with Gasteiger partial charge in [-0.3, -0.25) is 24.5 Å². The number of aromatic nitrogens is 1. The molecule has 1 spiro atoms. The highest BCUT2D eigenvalue weighted by Gasteiger charge is 2.47.